The summed E-state index contributed by atoms with van der Waals surface area (Å²) in [7, 11) is 0. The number of hydrogen-bond donors (Lipinski definition) is 1. The summed E-state index contributed by atoms with van der Waals surface area (Å²) in [6.07, 6.45) is 7.27. The van der Waals surface area contributed by atoms with Crippen molar-refractivity contribution in [3.05, 3.63) is 75.5 Å². The Balaban J connectivity index is 1.76. The van der Waals surface area contributed by atoms with Crippen molar-refractivity contribution in [1.82, 2.24) is 0 Å². The Hall–Kier alpha value is -1.80. The molecule has 2 aliphatic rings. The zero-order chi connectivity index (χ0) is 19.4. The molecule has 3 atom stereocenters. The molecule has 27 heavy (non-hydrogen) atoms. The number of rotatable bonds is 2. The molecular formula is C25H31NS. The van der Waals surface area contributed by atoms with Gasteiger partial charge in [-0.2, -0.15) is 11.3 Å². The molecule has 1 nitrogen and oxygen atoms in total. The Labute approximate surface area is 168 Å². The molecule has 0 bridgehead atoms. The number of thiophene rings is 1. The molecule has 142 valence electrons. The molecule has 0 saturated carbocycles. The van der Waals surface area contributed by atoms with Crippen molar-refractivity contribution in [2.24, 2.45) is 5.41 Å². The lowest BCUT2D eigenvalue weighted by molar-refractivity contribution is 0.357. The minimum atomic E-state index is 0.175. The minimum absolute atomic E-state index is 0.175. The third-order valence-electron chi connectivity index (χ3n) is 5.93. The Morgan fingerprint density at radius 3 is 2.44 bits per heavy atom. The van der Waals surface area contributed by atoms with E-state index in [9.17, 15) is 0 Å². The van der Waals surface area contributed by atoms with Crippen LogP contribution in [-0.2, 0) is 5.41 Å². The highest BCUT2D eigenvalue weighted by atomic mass is 32.1. The molecule has 1 N–H and O–H groups in total. The van der Waals surface area contributed by atoms with Crippen LogP contribution >= 0.6 is 11.3 Å². The van der Waals surface area contributed by atoms with E-state index in [-0.39, 0.29) is 10.8 Å². The van der Waals surface area contributed by atoms with Gasteiger partial charge in [0.05, 0.1) is 6.04 Å². The van der Waals surface area contributed by atoms with Gasteiger partial charge in [0, 0.05) is 17.5 Å². The lowest BCUT2D eigenvalue weighted by atomic mass is 9.70. The first kappa shape index (κ1) is 18.6. The van der Waals surface area contributed by atoms with Crippen molar-refractivity contribution in [2.75, 3.05) is 5.32 Å². The second kappa shape index (κ2) is 6.38. The molecule has 1 aliphatic carbocycles. The highest BCUT2D eigenvalue weighted by Gasteiger charge is 2.36. The van der Waals surface area contributed by atoms with Crippen LogP contribution in [0.5, 0.6) is 0 Å². The molecule has 4 rings (SSSR count). The lowest BCUT2D eigenvalue weighted by Crippen LogP contribution is -2.24. The van der Waals surface area contributed by atoms with Gasteiger partial charge in [-0.15, -0.1) is 0 Å². The number of allylic oxidation sites excluding steroid dienone is 2. The average molecular weight is 378 g/mol. The summed E-state index contributed by atoms with van der Waals surface area (Å²) in [4.78, 5) is 0. The fourth-order valence-corrected chi connectivity index (χ4v) is 5.25. The van der Waals surface area contributed by atoms with E-state index in [4.69, 9.17) is 0 Å². The van der Waals surface area contributed by atoms with Crippen LogP contribution in [0.25, 0.3) is 0 Å². The molecule has 0 fully saturated rings. The van der Waals surface area contributed by atoms with Gasteiger partial charge in [0.1, 0.15) is 0 Å². The highest BCUT2D eigenvalue weighted by Crippen LogP contribution is 2.48. The van der Waals surface area contributed by atoms with Crippen LogP contribution in [0.15, 0.2) is 58.8 Å². The number of fused-ring (bicyclic) bond motifs is 3. The fraction of sp³-hybridized carbons (Fsp3) is 0.440. The van der Waals surface area contributed by atoms with Gasteiger partial charge in [-0.1, -0.05) is 71.9 Å². The largest absolute Gasteiger partial charge is 0.378 e. The second-order valence-corrected chi connectivity index (χ2v) is 10.9. The Kier molecular flexibility index (Phi) is 4.38. The van der Waals surface area contributed by atoms with Crippen molar-refractivity contribution in [3.63, 3.8) is 0 Å². The Bertz CT molecular complexity index is 887. The van der Waals surface area contributed by atoms with Crippen molar-refractivity contribution in [2.45, 2.75) is 64.8 Å². The van der Waals surface area contributed by atoms with Crippen LogP contribution in [0.3, 0.4) is 0 Å². The molecule has 0 amide bonds. The van der Waals surface area contributed by atoms with E-state index in [0.29, 0.717) is 17.9 Å². The predicted molar refractivity (Wildman–Crippen MR) is 119 cm³/mol. The van der Waals surface area contributed by atoms with Crippen molar-refractivity contribution in [1.29, 1.82) is 0 Å². The molecule has 2 heteroatoms. The molecule has 1 aromatic heterocycles. The molecule has 1 aliphatic heterocycles. The Morgan fingerprint density at radius 2 is 1.81 bits per heavy atom. The number of nitrogens with one attached hydrogen (secondary N) is 1. The van der Waals surface area contributed by atoms with E-state index in [1.807, 2.05) is 0 Å². The maximum absolute atomic E-state index is 3.72. The van der Waals surface area contributed by atoms with Gasteiger partial charge in [0.25, 0.3) is 0 Å². The molecule has 1 aromatic carbocycles. The van der Waals surface area contributed by atoms with Crippen LogP contribution in [0.2, 0.25) is 0 Å². The van der Waals surface area contributed by atoms with E-state index in [0.717, 1.165) is 0 Å². The van der Waals surface area contributed by atoms with Gasteiger partial charge in [0.15, 0.2) is 0 Å². The lowest BCUT2D eigenvalue weighted by Gasteiger charge is -2.34. The number of hydrogen-bond acceptors (Lipinski definition) is 2. The van der Waals surface area contributed by atoms with Crippen molar-refractivity contribution < 1.29 is 0 Å². The van der Waals surface area contributed by atoms with E-state index in [1.165, 1.54) is 28.0 Å². The van der Waals surface area contributed by atoms with Crippen LogP contribution < -0.4 is 5.32 Å². The third kappa shape index (κ3) is 3.40. The summed E-state index contributed by atoms with van der Waals surface area (Å²) in [6, 6.07) is 9.65. The molecule has 2 aromatic rings. The molecular weight excluding hydrogens is 346 g/mol. The first-order valence-corrected chi connectivity index (χ1v) is 10.9. The summed E-state index contributed by atoms with van der Waals surface area (Å²) in [6.45, 7) is 14.0. The summed E-state index contributed by atoms with van der Waals surface area (Å²) in [5.41, 5.74) is 7.42. The predicted octanol–water partition coefficient (Wildman–Crippen LogP) is 7.25. The second-order valence-electron chi connectivity index (χ2n) is 10.1. The standard InChI is InChI=1S/C25H31NS/c1-24(2,3)18-8-10-22-20(14-18)19-13-16(7-9-21(19)26-22)23(25(4,5)6)17-11-12-27-15-17/h7-15,19,21,23,26H,1-6H3/t19?,21-,23?/m0/s1. The minimum Gasteiger partial charge on any atom is -0.378 e. The van der Waals surface area contributed by atoms with Gasteiger partial charge in [0.2, 0.25) is 0 Å². The molecule has 0 radical (unpaired) electrons. The van der Waals surface area contributed by atoms with E-state index in [2.05, 4.69) is 100 Å². The normalized spacial score (nSPS) is 22.7. The number of anilines is 1. The van der Waals surface area contributed by atoms with E-state index >= 15 is 0 Å². The maximum Gasteiger partial charge on any atom is 0.0552 e. The monoisotopic (exact) mass is 377 g/mol. The van der Waals surface area contributed by atoms with E-state index in [1.54, 1.807) is 11.3 Å². The summed E-state index contributed by atoms with van der Waals surface area (Å²) in [5.74, 6) is 0.849. The van der Waals surface area contributed by atoms with E-state index < -0.39 is 0 Å². The average Bonchev–Trinajstić information content (AvgIpc) is 3.20. The van der Waals surface area contributed by atoms with Crippen LogP contribution in [0.1, 0.15) is 70.1 Å². The van der Waals surface area contributed by atoms with Gasteiger partial charge in [-0.3, -0.25) is 0 Å². The topological polar surface area (TPSA) is 12.0 Å². The van der Waals surface area contributed by atoms with Crippen molar-refractivity contribution in [3.8, 4) is 0 Å². The summed E-state index contributed by atoms with van der Waals surface area (Å²) >= 11 is 1.80. The molecule has 2 heterocycles. The summed E-state index contributed by atoms with van der Waals surface area (Å²) in [5, 5.41) is 8.23. The first-order chi connectivity index (χ1) is 12.6. The maximum atomic E-state index is 3.72. The number of benzene rings is 1. The summed E-state index contributed by atoms with van der Waals surface area (Å²) < 4.78 is 0. The Morgan fingerprint density at radius 1 is 1.04 bits per heavy atom. The molecule has 2 unspecified atom stereocenters. The smallest absolute Gasteiger partial charge is 0.0552 e. The highest BCUT2D eigenvalue weighted by molar-refractivity contribution is 7.08. The van der Waals surface area contributed by atoms with Crippen molar-refractivity contribution >= 4 is 17.0 Å². The van der Waals surface area contributed by atoms with Crippen LogP contribution in [0, 0.1) is 5.41 Å². The van der Waals surface area contributed by atoms with Gasteiger partial charge < -0.3 is 5.32 Å². The first-order valence-electron chi connectivity index (χ1n) is 9.97. The fourth-order valence-electron chi connectivity index (χ4n) is 4.56. The van der Waals surface area contributed by atoms with Gasteiger partial charge in [-0.25, -0.2) is 0 Å². The molecule has 0 spiro atoms. The zero-order valence-corrected chi connectivity index (χ0v) is 18.2. The SMILES string of the molecule is CC(C)(C)c1ccc2c(c1)C1C=C(C(c3ccsc3)C(C)(C)C)C=C[C@@H]1N2. The van der Waals surface area contributed by atoms with Crippen LogP contribution in [-0.4, -0.2) is 6.04 Å². The van der Waals surface area contributed by atoms with Gasteiger partial charge in [-0.05, 0) is 56.0 Å². The zero-order valence-electron chi connectivity index (χ0n) is 17.3. The molecule has 0 saturated heterocycles. The third-order valence-corrected chi connectivity index (χ3v) is 6.63. The van der Waals surface area contributed by atoms with Gasteiger partial charge >= 0.3 is 0 Å². The van der Waals surface area contributed by atoms with Crippen LogP contribution in [0.4, 0.5) is 5.69 Å². The quantitative estimate of drug-likeness (QED) is 0.581.